The number of hydrogen-bond donors (Lipinski definition) is 2. The quantitative estimate of drug-likeness (QED) is 0.842. The SMILES string of the molecule is CC(NC(=O)C1(N)CCCCC1)C1CC2CCC1C2.Cl. The fraction of sp³-hybridized carbons (Fsp3) is 0.938. The highest BCUT2D eigenvalue weighted by Crippen LogP contribution is 2.49. The van der Waals surface area contributed by atoms with Gasteiger partial charge in [0.1, 0.15) is 0 Å². The molecule has 3 rings (SSSR count). The molecule has 0 heterocycles. The molecule has 0 aromatic heterocycles. The van der Waals surface area contributed by atoms with E-state index in [1.54, 1.807) is 0 Å². The van der Waals surface area contributed by atoms with Crippen LogP contribution in [0.4, 0.5) is 0 Å². The van der Waals surface area contributed by atoms with Crippen molar-refractivity contribution in [3.8, 4) is 0 Å². The molecule has 0 aromatic carbocycles. The largest absolute Gasteiger partial charge is 0.352 e. The Morgan fingerprint density at radius 3 is 2.45 bits per heavy atom. The van der Waals surface area contributed by atoms with Gasteiger partial charge in [-0.25, -0.2) is 0 Å². The fourth-order valence-electron chi connectivity index (χ4n) is 4.77. The monoisotopic (exact) mass is 300 g/mol. The molecule has 0 radical (unpaired) electrons. The Balaban J connectivity index is 0.00000147. The molecular formula is C16H29ClN2O. The van der Waals surface area contributed by atoms with Crippen molar-refractivity contribution in [2.24, 2.45) is 23.5 Å². The molecular weight excluding hydrogens is 272 g/mol. The minimum Gasteiger partial charge on any atom is -0.352 e. The number of carbonyl (C=O) groups excluding carboxylic acids is 1. The van der Waals surface area contributed by atoms with E-state index in [0.717, 1.165) is 37.5 Å². The highest BCUT2D eigenvalue weighted by Gasteiger charge is 2.43. The summed E-state index contributed by atoms with van der Waals surface area (Å²) in [7, 11) is 0. The third kappa shape index (κ3) is 2.99. The van der Waals surface area contributed by atoms with Crippen LogP contribution in [0.2, 0.25) is 0 Å². The minimum atomic E-state index is -0.579. The molecule has 3 fully saturated rings. The van der Waals surface area contributed by atoms with Gasteiger partial charge in [-0.2, -0.15) is 0 Å². The van der Waals surface area contributed by atoms with Gasteiger partial charge in [-0.15, -0.1) is 12.4 Å². The molecule has 3 aliphatic carbocycles. The van der Waals surface area contributed by atoms with Crippen molar-refractivity contribution in [1.82, 2.24) is 5.32 Å². The molecule has 4 unspecified atom stereocenters. The topological polar surface area (TPSA) is 55.1 Å². The molecule has 1 amide bonds. The van der Waals surface area contributed by atoms with E-state index in [-0.39, 0.29) is 18.3 Å². The molecule has 0 aromatic rings. The molecule has 0 saturated heterocycles. The second kappa shape index (κ2) is 6.23. The maximum absolute atomic E-state index is 12.5. The summed E-state index contributed by atoms with van der Waals surface area (Å²) in [6.45, 7) is 2.19. The molecule has 3 saturated carbocycles. The van der Waals surface area contributed by atoms with Gasteiger partial charge in [0, 0.05) is 6.04 Å². The summed E-state index contributed by atoms with van der Waals surface area (Å²) < 4.78 is 0. The van der Waals surface area contributed by atoms with Crippen LogP contribution in [0.25, 0.3) is 0 Å². The summed E-state index contributed by atoms with van der Waals surface area (Å²) in [6, 6.07) is 0.310. The Bertz CT molecular complexity index is 354. The van der Waals surface area contributed by atoms with Gasteiger partial charge in [-0.05, 0) is 56.8 Å². The lowest BCUT2D eigenvalue weighted by atomic mass is 9.80. The van der Waals surface area contributed by atoms with E-state index in [9.17, 15) is 4.79 Å². The number of halogens is 1. The molecule has 3 aliphatic rings. The van der Waals surface area contributed by atoms with Crippen LogP contribution < -0.4 is 11.1 Å². The highest BCUT2D eigenvalue weighted by atomic mass is 35.5. The molecule has 0 spiro atoms. The van der Waals surface area contributed by atoms with Gasteiger partial charge < -0.3 is 11.1 Å². The Morgan fingerprint density at radius 2 is 1.90 bits per heavy atom. The van der Waals surface area contributed by atoms with Crippen LogP contribution in [0, 0.1) is 17.8 Å². The first-order valence-electron chi connectivity index (χ1n) is 8.18. The zero-order valence-electron chi connectivity index (χ0n) is 12.6. The molecule has 116 valence electrons. The van der Waals surface area contributed by atoms with E-state index < -0.39 is 5.54 Å². The normalized spacial score (nSPS) is 36.2. The van der Waals surface area contributed by atoms with Gasteiger partial charge in [0.05, 0.1) is 5.54 Å². The predicted molar refractivity (Wildman–Crippen MR) is 83.8 cm³/mol. The van der Waals surface area contributed by atoms with Gasteiger partial charge >= 0.3 is 0 Å². The number of rotatable bonds is 3. The van der Waals surface area contributed by atoms with E-state index >= 15 is 0 Å². The second-order valence-corrected chi connectivity index (χ2v) is 7.32. The van der Waals surface area contributed by atoms with Gasteiger partial charge in [-0.3, -0.25) is 4.79 Å². The lowest BCUT2D eigenvalue weighted by molar-refractivity contribution is -0.128. The second-order valence-electron chi connectivity index (χ2n) is 7.32. The van der Waals surface area contributed by atoms with Crippen LogP contribution in [0.3, 0.4) is 0 Å². The van der Waals surface area contributed by atoms with E-state index in [2.05, 4.69) is 12.2 Å². The first-order valence-corrected chi connectivity index (χ1v) is 8.18. The number of nitrogens with one attached hydrogen (secondary N) is 1. The molecule has 3 N–H and O–H groups in total. The minimum absolute atomic E-state index is 0. The van der Waals surface area contributed by atoms with Crippen molar-refractivity contribution in [1.29, 1.82) is 0 Å². The third-order valence-electron chi connectivity index (χ3n) is 5.99. The van der Waals surface area contributed by atoms with Crippen LogP contribution >= 0.6 is 12.4 Å². The van der Waals surface area contributed by atoms with Crippen LogP contribution in [-0.4, -0.2) is 17.5 Å². The van der Waals surface area contributed by atoms with Crippen LogP contribution in [0.5, 0.6) is 0 Å². The van der Waals surface area contributed by atoms with Crippen molar-refractivity contribution >= 4 is 18.3 Å². The zero-order chi connectivity index (χ0) is 13.5. The van der Waals surface area contributed by atoms with E-state index in [0.29, 0.717) is 12.0 Å². The van der Waals surface area contributed by atoms with Crippen molar-refractivity contribution < 1.29 is 4.79 Å². The van der Waals surface area contributed by atoms with Gasteiger partial charge in [-0.1, -0.05) is 25.7 Å². The van der Waals surface area contributed by atoms with E-state index in [1.807, 2.05) is 0 Å². The van der Waals surface area contributed by atoms with E-state index in [1.165, 1.54) is 32.1 Å². The van der Waals surface area contributed by atoms with Crippen LogP contribution in [-0.2, 0) is 4.79 Å². The van der Waals surface area contributed by atoms with Crippen LogP contribution in [0.15, 0.2) is 0 Å². The Labute approximate surface area is 128 Å². The zero-order valence-corrected chi connectivity index (χ0v) is 13.4. The third-order valence-corrected chi connectivity index (χ3v) is 5.99. The Kier molecular flexibility index (Phi) is 5.01. The Morgan fingerprint density at radius 1 is 1.20 bits per heavy atom. The standard InChI is InChI=1S/C16H28N2O.ClH/c1-11(14-10-12-5-6-13(14)9-12)18-15(19)16(17)7-3-2-4-8-16;/h11-14H,2-10,17H2,1H3,(H,18,19);1H. The molecule has 4 atom stereocenters. The molecule has 20 heavy (non-hydrogen) atoms. The first-order chi connectivity index (χ1) is 9.08. The lowest BCUT2D eigenvalue weighted by Gasteiger charge is -2.35. The average molecular weight is 301 g/mol. The smallest absolute Gasteiger partial charge is 0.240 e. The van der Waals surface area contributed by atoms with Crippen molar-refractivity contribution in [3.05, 3.63) is 0 Å². The fourth-order valence-corrected chi connectivity index (χ4v) is 4.77. The Hall–Kier alpha value is -0.280. The van der Waals surface area contributed by atoms with Gasteiger partial charge in [0.15, 0.2) is 0 Å². The average Bonchev–Trinajstić information content (AvgIpc) is 3.01. The number of carbonyl (C=O) groups is 1. The van der Waals surface area contributed by atoms with Crippen molar-refractivity contribution in [2.75, 3.05) is 0 Å². The molecule has 2 bridgehead atoms. The summed E-state index contributed by atoms with van der Waals surface area (Å²) in [6.07, 6.45) is 10.7. The number of amides is 1. The summed E-state index contributed by atoms with van der Waals surface area (Å²) in [5.41, 5.74) is 5.73. The first kappa shape index (κ1) is 16.1. The molecule has 4 heteroatoms. The lowest BCUT2D eigenvalue weighted by Crippen LogP contribution is -2.57. The van der Waals surface area contributed by atoms with Crippen molar-refractivity contribution in [3.63, 3.8) is 0 Å². The number of hydrogen-bond acceptors (Lipinski definition) is 2. The van der Waals surface area contributed by atoms with Gasteiger partial charge in [0.2, 0.25) is 5.91 Å². The number of fused-ring (bicyclic) bond motifs is 2. The molecule has 3 nitrogen and oxygen atoms in total. The predicted octanol–water partition coefficient (Wildman–Crippen LogP) is 3.01. The van der Waals surface area contributed by atoms with Crippen LogP contribution in [0.1, 0.15) is 64.7 Å². The maximum atomic E-state index is 12.5. The summed E-state index contributed by atoms with van der Waals surface area (Å²) in [5.74, 6) is 2.62. The van der Waals surface area contributed by atoms with E-state index in [4.69, 9.17) is 5.73 Å². The maximum Gasteiger partial charge on any atom is 0.240 e. The molecule has 0 aliphatic heterocycles. The summed E-state index contributed by atoms with van der Waals surface area (Å²) >= 11 is 0. The highest BCUT2D eigenvalue weighted by molar-refractivity contribution is 5.86. The van der Waals surface area contributed by atoms with Crippen molar-refractivity contribution in [2.45, 2.75) is 76.3 Å². The van der Waals surface area contributed by atoms with Gasteiger partial charge in [0.25, 0.3) is 0 Å². The summed E-state index contributed by atoms with van der Waals surface area (Å²) in [4.78, 5) is 12.5. The summed E-state index contributed by atoms with van der Waals surface area (Å²) in [5, 5.41) is 3.25. The number of nitrogens with two attached hydrogens (primary N) is 1.